The van der Waals surface area contributed by atoms with Gasteiger partial charge in [0.15, 0.2) is 0 Å². The van der Waals surface area contributed by atoms with Crippen LogP contribution in [-0.4, -0.2) is 5.11 Å². The molecule has 2 nitrogen and oxygen atoms in total. The van der Waals surface area contributed by atoms with E-state index in [2.05, 4.69) is 6.58 Å². The fourth-order valence-corrected chi connectivity index (χ4v) is 2.84. The van der Waals surface area contributed by atoms with Crippen LogP contribution in [0.1, 0.15) is 29.6 Å². The van der Waals surface area contributed by atoms with Crippen LogP contribution < -0.4 is 4.74 Å². The zero-order valence-corrected chi connectivity index (χ0v) is 11.7. The molecule has 0 aliphatic carbocycles. The number of aliphatic hydroxyl groups is 1. The van der Waals surface area contributed by atoms with Crippen molar-refractivity contribution in [2.45, 2.75) is 18.4 Å². The fraction of sp³-hybridized carbons (Fsp3) is 0.176. The van der Waals surface area contributed by atoms with Crippen LogP contribution in [0.5, 0.6) is 11.5 Å². The van der Waals surface area contributed by atoms with Gasteiger partial charge in [0.05, 0.1) is 6.10 Å². The van der Waals surface area contributed by atoms with E-state index >= 15 is 0 Å². The number of benzene rings is 2. The van der Waals surface area contributed by atoms with Gasteiger partial charge in [0, 0.05) is 22.1 Å². The third-order valence-corrected chi connectivity index (χ3v) is 3.87. The lowest BCUT2D eigenvalue weighted by Gasteiger charge is -2.20. The van der Waals surface area contributed by atoms with Crippen LogP contribution >= 0.6 is 11.6 Å². The number of ether oxygens (including phenoxy) is 1. The minimum Gasteiger partial charge on any atom is -0.457 e. The first-order valence-electron chi connectivity index (χ1n) is 6.56. The number of hydrogen-bond acceptors (Lipinski definition) is 2. The fourth-order valence-electron chi connectivity index (χ4n) is 2.66. The second-order valence-electron chi connectivity index (χ2n) is 4.90. The van der Waals surface area contributed by atoms with E-state index in [1.54, 1.807) is 18.2 Å². The first-order valence-corrected chi connectivity index (χ1v) is 6.93. The van der Waals surface area contributed by atoms with Crippen molar-refractivity contribution >= 4 is 11.6 Å². The lowest BCUT2D eigenvalue weighted by molar-refractivity contribution is 0.146. The lowest BCUT2D eigenvalue weighted by Crippen LogP contribution is -2.09. The Balaban J connectivity index is 2.19. The lowest BCUT2D eigenvalue weighted by atomic mass is 9.87. The third kappa shape index (κ3) is 2.21. The van der Waals surface area contributed by atoms with Gasteiger partial charge in [-0.25, -0.2) is 0 Å². The Labute approximate surface area is 123 Å². The molecule has 0 bridgehead atoms. The standard InChI is InChI=1S/C17H15ClO2/c1-2-5-13-12-6-3-4-7-15(12)20-16-9-8-11(18)10-14(16)17(13)19/h2-4,6-10,13,17,19H,1,5H2/t13-,17+/m1/s1. The molecule has 0 fully saturated rings. The van der Waals surface area contributed by atoms with Crippen LogP contribution in [-0.2, 0) is 0 Å². The molecule has 0 unspecified atom stereocenters. The Hall–Kier alpha value is -1.77. The zero-order valence-electron chi connectivity index (χ0n) is 10.9. The van der Waals surface area contributed by atoms with Gasteiger partial charge in [-0.3, -0.25) is 0 Å². The van der Waals surface area contributed by atoms with E-state index < -0.39 is 6.10 Å². The average Bonchev–Trinajstić information content (AvgIpc) is 2.57. The smallest absolute Gasteiger partial charge is 0.133 e. The van der Waals surface area contributed by atoms with Gasteiger partial charge >= 0.3 is 0 Å². The summed E-state index contributed by atoms with van der Waals surface area (Å²) in [7, 11) is 0. The molecule has 20 heavy (non-hydrogen) atoms. The molecule has 1 aliphatic heterocycles. The molecule has 2 aromatic rings. The molecule has 0 spiro atoms. The van der Waals surface area contributed by atoms with Crippen LogP contribution in [0.15, 0.2) is 55.1 Å². The molecule has 0 saturated carbocycles. The van der Waals surface area contributed by atoms with Gasteiger partial charge in [0.1, 0.15) is 11.5 Å². The Bertz CT molecular complexity index is 651. The molecule has 0 aromatic heterocycles. The number of rotatable bonds is 2. The number of halogens is 1. The highest BCUT2D eigenvalue weighted by Gasteiger charge is 2.30. The second-order valence-corrected chi connectivity index (χ2v) is 5.33. The summed E-state index contributed by atoms with van der Waals surface area (Å²) in [6.07, 6.45) is 1.83. The van der Waals surface area contributed by atoms with Gasteiger partial charge in [-0.2, -0.15) is 0 Å². The maximum atomic E-state index is 10.7. The number of para-hydroxylation sites is 1. The normalized spacial score (nSPS) is 20.3. The predicted octanol–water partition coefficient (Wildman–Crippen LogP) is 4.84. The van der Waals surface area contributed by atoms with Crippen LogP contribution in [0.2, 0.25) is 5.02 Å². The summed E-state index contributed by atoms with van der Waals surface area (Å²) in [5.41, 5.74) is 1.72. The Morgan fingerprint density at radius 3 is 2.70 bits per heavy atom. The Morgan fingerprint density at radius 2 is 1.90 bits per heavy atom. The van der Waals surface area contributed by atoms with E-state index in [-0.39, 0.29) is 5.92 Å². The minimum atomic E-state index is -0.662. The Kier molecular flexibility index (Phi) is 3.51. The molecular formula is C17H15ClO2. The van der Waals surface area contributed by atoms with Crippen molar-refractivity contribution in [3.8, 4) is 11.5 Å². The maximum Gasteiger partial charge on any atom is 0.133 e. The van der Waals surface area contributed by atoms with Crippen LogP contribution in [0.4, 0.5) is 0 Å². The van der Waals surface area contributed by atoms with E-state index in [0.29, 0.717) is 17.2 Å². The molecule has 102 valence electrons. The Morgan fingerprint density at radius 1 is 1.15 bits per heavy atom. The number of allylic oxidation sites excluding steroid dienone is 1. The van der Waals surface area contributed by atoms with Gasteiger partial charge < -0.3 is 9.84 Å². The molecule has 1 heterocycles. The molecule has 3 heteroatoms. The van der Waals surface area contributed by atoms with Gasteiger partial charge in [-0.15, -0.1) is 6.58 Å². The van der Waals surface area contributed by atoms with Crippen molar-refractivity contribution in [1.29, 1.82) is 0 Å². The molecule has 1 aliphatic rings. The quantitative estimate of drug-likeness (QED) is 0.801. The molecular weight excluding hydrogens is 272 g/mol. The highest BCUT2D eigenvalue weighted by atomic mass is 35.5. The zero-order chi connectivity index (χ0) is 14.1. The highest BCUT2D eigenvalue weighted by molar-refractivity contribution is 6.30. The summed E-state index contributed by atoms with van der Waals surface area (Å²) in [6.45, 7) is 3.79. The monoisotopic (exact) mass is 286 g/mol. The molecule has 2 atom stereocenters. The number of aliphatic hydroxyl groups excluding tert-OH is 1. The predicted molar refractivity (Wildman–Crippen MR) is 80.5 cm³/mol. The van der Waals surface area contributed by atoms with Crippen molar-refractivity contribution in [1.82, 2.24) is 0 Å². The topological polar surface area (TPSA) is 29.5 Å². The second kappa shape index (κ2) is 5.31. The summed E-state index contributed by atoms with van der Waals surface area (Å²) in [4.78, 5) is 0. The summed E-state index contributed by atoms with van der Waals surface area (Å²) in [6, 6.07) is 13.1. The van der Waals surface area contributed by atoms with Crippen molar-refractivity contribution in [3.63, 3.8) is 0 Å². The molecule has 1 N–H and O–H groups in total. The first kappa shape index (κ1) is 13.2. The van der Waals surface area contributed by atoms with Crippen molar-refractivity contribution in [2.24, 2.45) is 0 Å². The molecule has 0 amide bonds. The van der Waals surface area contributed by atoms with Crippen LogP contribution in [0, 0.1) is 0 Å². The average molecular weight is 287 g/mol. The van der Waals surface area contributed by atoms with Crippen LogP contribution in [0.3, 0.4) is 0 Å². The summed E-state index contributed by atoms with van der Waals surface area (Å²) in [5, 5.41) is 11.3. The molecule has 0 saturated heterocycles. The maximum absolute atomic E-state index is 10.7. The van der Waals surface area contributed by atoms with E-state index in [4.69, 9.17) is 16.3 Å². The van der Waals surface area contributed by atoms with Crippen molar-refractivity contribution in [3.05, 3.63) is 71.3 Å². The van der Waals surface area contributed by atoms with Crippen LogP contribution in [0.25, 0.3) is 0 Å². The van der Waals surface area contributed by atoms with E-state index in [9.17, 15) is 5.11 Å². The molecule has 0 radical (unpaired) electrons. The summed E-state index contributed by atoms with van der Waals surface area (Å²) in [5.74, 6) is 1.35. The SMILES string of the molecule is C=CC[C@@H]1c2ccccc2Oc2ccc(Cl)cc2[C@H]1O. The van der Waals surface area contributed by atoms with E-state index in [1.165, 1.54) is 0 Å². The minimum absolute atomic E-state index is 0.0802. The van der Waals surface area contributed by atoms with Gasteiger partial charge in [0.25, 0.3) is 0 Å². The number of hydrogen-bond donors (Lipinski definition) is 1. The highest BCUT2D eigenvalue weighted by Crippen LogP contribution is 2.47. The van der Waals surface area contributed by atoms with Crippen molar-refractivity contribution < 1.29 is 9.84 Å². The molecule has 3 rings (SSSR count). The summed E-state index contributed by atoms with van der Waals surface area (Å²) < 4.78 is 5.95. The molecule has 2 aromatic carbocycles. The largest absolute Gasteiger partial charge is 0.457 e. The van der Waals surface area contributed by atoms with Crippen molar-refractivity contribution in [2.75, 3.05) is 0 Å². The van der Waals surface area contributed by atoms with Gasteiger partial charge in [-0.05, 0) is 30.7 Å². The number of fused-ring (bicyclic) bond motifs is 2. The third-order valence-electron chi connectivity index (χ3n) is 3.63. The van der Waals surface area contributed by atoms with Gasteiger partial charge in [0.2, 0.25) is 0 Å². The first-order chi connectivity index (χ1) is 9.70. The summed E-state index contributed by atoms with van der Waals surface area (Å²) >= 11 is 6.04. The van der Waals surface area contributed by atoms with E-state index in [1.807, 2.05) is 30.3 Å². The van der Waals surface area contributed by atoms with Gasteiger partial charge in [-0.1, -0.05) is 35.9 Å². The van der Waals surface area contributed by atoms with E-state index in [0.717, 1.165) is 16.9 Å².